The van der Waals surface area contributed by atoms with Gasteiger partial charge in [0.25, 0.3) is 0 Å². The molecule has 2 heterocycles. The van der Waals surface area contributed by atoms with Crippen molar-refractivity contribution >= 4 is 26.7 Å². The lowest BCUT2D eigenvalue weighted by Crippen LogP contribution is -2.37. The first-order chi connectivity index (χ1) is 11.7. The van der Waals surface area contributed by atoms with Crippen LogP contribution in [-0.2, 0) is 21.1 Å². The lowest BCUT2D eigenvalue weighted by atomic mass is 10.0. The molecule has 1 aliphatic heterocycles. The number of carbonyl (C=O) groups excluding carboxylic acids is 1. The maximum atomic E-state index is 12.2. The van der Waals surface area contributed by atoms with Crippen molar-refractivity contribution in [1.29, 1.82) is 0 Å². The van der Waals surface area contributed by atoms with Crippen LogP contribution in [0.15, 0.2) is 21.3 Å². The van der Waals surface area contributed by atoms with E-state index >= 15 is 0 Å². The van der Waals surface area contributed by atoms with Crippen LogP contribution in [0.25, 0.3) is 11.0 Å². The summed E-state index contributed by atoms with van der Waals surface area (Å²) in [4.78, 5) is 24.3. The SMILES string of the molecule is Cc1c(CC(=O)N[C@@H]2CCS(=O)(=O)C2)c(=O)oc2cc(O)cc(O)c12. The first kappa shape index (κ1) is 17.3. The second kappa shape index (κ2) is 6.07. The van der Waals surface area contributed by atoms with E-state index in [1.54, 1.807) is 6.92 Å². The van der Waals surface area contributed by atoms with Crippen molar-refractivity contribution in [2.75, 3.05) is 11.5 Å². The third-order valence-electron chi connectivity index (χ3n) is 4.28. The van der Waals surface area contributed by atoms with E-state index in [1.165, 1.54) is 6.07 Å². The Morgan fingerprint density at radius 2 is 2.08 bits per heavy atom. The minimum Gasteiger partial charge on any atom is -0.508 e. The van der Waals surface area contributed by atoms with Crippen molar-refractivity contribution in [3.8, 4) is 11.5 Å². The third kappa shape index (κ3) is 3.46. The van der Waals surface area contributed by atoms with Gasteiger partial charge in [-0.05, 0) is 18.9 Å². The van der Waals surface area contributed by atoms with Gasteiger partial charge in [0.05, 0.1) is 28.9 Å². The molecule has 0 unspecified atom stereocenters. The van der Waals surface area contributed by atoms with E-state index < -0.39 is 27.4 Å². The summed E-state index contributed by atoms with van der Waals surface area (Å²) in [7, 11) is -3.12. The van der Waals surface area contributed by atoms with Gasteiger partial charge < -0.3 is 19.9 Å². The zero-order valence-electron chi connectivity index (χ0n) is 13.4. The van der Waals surface area contributed by atoms with E-state index in [1.807, 2.05) is 0 Å². The van der Waals surface area contributed by atoms with Crippen LogP contribution in [-0.4, -0.2) is 42.1 Å². The minimum atomic E-state index is -3.12. The molecule has 134 valence electrons. The summed E-state index contributed by atoms with van der Waals surface area (Å²) >= 11 is 0. The first-order valence-electron chi connectivity index (χ1n) is 7.64. The standard InChI is InChI=1S/C16H17NO7S/c1-8-11(6-14(20)17-9-2-3-25(22,23)7-9)16(21)24-13-5-10(18)4-12(19)15(8)13/h4-5,9,18-19H,2-3,6-7H2,1H3,(H,17,20)/t9-/m1/s1. The molecule has 0 spiro atoms. The molecule has 2 aromatic rings. The van der Waals surface area contributed by atoms with Gasteiger partial charge in [-0.1, -0.05) is 0 Å². The Morgan fingerprint density at radius 3 is 2.72 bits per heavy atom. The molecule has 1 atom stereocenters. The van der Waals surface area contributed by atoms with Crippen molar-refractivity contribution in [2.45, 2.75) is 25.8 Å². The topological polar surface area (TPSA) is 134 Å². The van der Waals surface area contributed by atoms with Gasteiger partial charge in [-0.2, -0.15) is 0 Å². The van der Waals surface area contributed by atoms with E-state index in [9.17, 15) is 28.2 Å². The molecule has 8 nitrogen and oxygen atoms in total. The molecule has 0 saturated carbocycles. The fraction of sp³-hybridized carbons (Fsp3) is 0.375. The molecular weight excluding hydrogens is 350 g/mol. The lowest BCUT2D eigenvalue weighted by Gasteiger charge is -2.12. The number of hydrogen-bond acceptors (Lipinski definition) is 7. The number of phenolic OH excluding ortho intramolecular Hbond substituents is 2. The Bertz CT molecular complexity index is 1020. The zero-order chi connectivity index (χ0) is 18.4. The number of phenols is 2. The zero-order valence-corrected chi connectivity index (χ0v) is 14.2. The minimum absolute atomic E-state index is 0.0195. The van der Waals surface area contributed by atoms with Crippen LogP contribution in [0, 0.1) is 6.92 Å². The van der Waals surface area contributed by atoms with Crippen molar-refractivity contribution in [2.24, 2.45) is 0 Å². The molecule has 1 aromatic carbocycles. The number of rotatable bonds is 3. The monoisotopic (exact) mass is 367 g/mol. The molecular formula is C16H17NO7S. The van der Waals surface area contributed by atoms with Gasteiger partial charge in [-0.25, -0.2) is 13.2 Å². The Kier molecular flexibility index (Phi) is 4.19. The highest BCUT2D eigenvalue weighted by Crippen LogP contribution is 2.32. The maximum Gasteiger partial charge on any atom is 0.340 e. The van der Waals surface area contributed by atoms with Crippen LogP contribution >= 0.6 is 0 Å². The summed E-state index contributed by atoms with van der Waals surface area (Å²) in [5, 5.41) is 22.3. The molecule has 3 N–H and O–H groups in total. The predicted molar refractivity (Wildman–Crippen MR) is 89.5 cm³/mol. The predicted octanol–water partition coefficient (Wildman–Crippen LogP) is 0.358. The Balaban J connectivity index is 1.89. The Morgan fingerprint density at radius 1 is 1.36 bits per heavy atom. The number of nitrogens with one attached hydrogen (secondary N) is 1. The maximum absolute atomic E-state index is 12.2. The van der Waals surface area contributed by atoms with E-state index in [-0.39, 0.29) is 46.0 Å². The van der Waals surface area contributed by atoms with Crippen molar-refractivity contribution in [1.82, 2.24) is 5.32 Å². The molecule has 9 heteroatoms. The normalized spacial score (nSPS) is 19.2. The van der Waals surface area contributed by atoms with Gasteiger partial charge in [-0.3, -0.25) is 4.79 Å². The average molecular weight is 367 g/mol. The molecule has 0 radical (unpaired) electrons. The molecule has 1 fully saturated rings. The summed E-state index contributed by atoms with van der Waals surface area (Å²) in [5.74, 6) is -1.08. The number of aromatic hydroxyl groups is 2. The van der Waals surface area contributed by atoms with Crippen LogP contribution in [0.2, 0.25) is 0 Å². The number of aryl methyl sites for hydroxylation is 1. The van der Waals surface area contributed by atoms with Gasteiger partial charge in [-0.15, -0.1) is 0 Å². The van der Waals surface area contributed by atoms with Gasteiger partial charge in [0, 0.05) is 18.2 Å². The Hall–Kier alpha value is -2.55. The number of sulfone groups is 1. The summed E-state index contributed by atoms with van der Waals surface area (Å²) in [5.41, 5.74) is -0.278. The molecule has 0 bridgehead atoms. The fourth-order valence-corrected chi connectivity index (χ4v) is 4.74. The van der Waals surface area contributed by atoms with E-state index in [4.69, 9.17) is 4.42 Å². The molecule has 1 aromatic heterocycles. The quantitative estimate of drug-likeness (QED) is 0.667. The van der Waals surface area contributed by atoms with Crippen LogP contribution < -0.4 is 10.9 Å². The molecule has 1 amide bonds. The highest BCUT2D eigenvalue weighted by molar-refractivity contribution is 7.91. The summed E-state index contributed by atoms with van der Waals surface area (Å²) in [6.07, 6.45) is 0.0560. The lowest BCUT2D eigenvalue weighted by molar-refractivity contribution is -0.121. The molecule has 25 heavy (non-hydrogen) atoms. The number of benzene rings is 1. The third-order valence-corrected chi connectivity index (χ3v) is 6.05. The van der Waals surface area contributed by atoms with Crippen LogP contribution in [0.5, 0.6) is 11.5 Å². The summed E-state index contributed by atoms with van der Waals surface area (Å²) in [6.45, 7) is 1.57. The van der Waals surface area contributed by atoms with E-state index in [0.29, 0.717) is 12.0 Å². The van der Waals surface area contributed by atoms with E-state index in [2.05, 4.69) is 5.32 Å². The van der Waals surface area contributed by atoms with Crippen LogP contribution in [0.3, 0.4) is 0 Å². The second-order valence-electron chi connectivity index (χ2n) is 6.18. The summed E-state index contributed by atoms with van der Waals surface area (Å²) in [6, 6.07) is 1.86. The van der Waals surface area contributed by atoms with E-state index in [0.717, 1.165) is 6.07 Å². The van der Waals surface area contributed by atoms with Gasteiger partial charge in [0.15, 0.2) is 9.84 Å². The smallest absolute Gasteiger partial charge is 0.340 e. The highest BCUT2D eigenvalue weighted by Gasteiger charge is 2.29. The molecule has 1 saturated heterocycles. The molecule has 0 aliphatic carbocycles. The van der Waals surface area contributed by atoms with Crippen molar-refractivity contribution in [3.05, 3.63) is 33.7 Å². The average Bonchev–Trinajstić information content (AvgIpc) is 2.81. The van der Waals surface area contributed by atoms with Crippen LogP contribution in [0.4, 0.5) is 0 Å². The Labute approximate surface area is 143 Å². The highest BCUT2D eigenvalue weighted by atomic mass is 32.2. The molecule has 3 rings (SSSR count). The largest absolute Gasteiger partial charge is 0.508 e. The van der Waals surface area contributed by atoms with Crippen LogP contribution in [0.1, 0.15) is 17.5 Å². The summed E-state index contributed by atoms with van der Waals surface area (Å²) < 4.78 is 28.0. The second-order valence-corrected chi connectivity index (χ2v) is 8.40. The number of amides is 1. The van der Waals surface area contributed by atoms with Crippen molar-refractivity contribution < 1.29 is 27.8 Å². The van der Waals surface area contributed by atoms with Crippen molar-refractivity contribution in [3.63, 3.8) is 0 Å². The molecule has 1 aliphatic rings. The number of fused-ring (bicyclic) bond motifs is 1. The first-order valence-corrected chi connectivity index (χ1v) is 9.46. The number of hydrogen-bond donors (Lipinski definition) is 3. The van der Waals surface area contributed by atoms with Gasteiger partial charge in [0.2, 0.25) is 5.91 Å². The van der Waals surface area contributed by atoms with Gasteiger partial charge in [0.1, 0.15) is 17.1 Å². The van der Waals surface area contributed by atoms with Gasteiger partial charge >= 0.3 is 5.63 Å². The number of carbonyl (C=O) groups is 1. The fourth-order valence-electron chi connectivity index (χ4n) is 3.06.